The molecule has 0 atom stereocenters. The number of benzene rings is 2. The quantitative estimate of drug-likeness (QED) is 0.622. The fraction of sp³-hybridized carbons (Fsp3) is 0.0952. The molecule has 2 heterocycles. The van der Waals surface area contributed by atoms with Crippen LogP contribution in [0.2, 0.25) is 10.0 Å². The molecule has 0 saturated carbocycles. The summed E-state index contributed by atoms with van der Waals surface area (Å²) in [6.07, 6.45) is 1.58. The number of aryl methyl sites for hydroxylation is 1. The van der Waals surface area contributed by atoms with Crippen LogP contribution in [0.1, 0.15) is 18.2 Å². The number of H-pyrrole nitrogens is 1. The molecule has 29 heavy (non-hydrogen) atoms. The highest BCUT2D eigenvalue weighted by atomic mass is 35.5. The maximum Gasteiger partial charge on any atom is 0.280 e. The molecular formula is C21H16Cl2N4O2. The molecule has 0 bridgehead atoms. The predicted molar refractivity (Wildman–Crippen MR) is 116 cm³/mol. The number of rotatable bonds is 3. The molecule has 4 rings (SSSR count). The molecule has 0 aliphatic carbocycles. The molecule has 0 spiro atoms. The smallest absolute Gasteiger partial charge is 0.280 e. The average Bonchev–Trinajstić information content (AvgIpc) is 3.13. The van der Waals surface area contributed by atoms with Gasteiger partial charge in [-0.15, -0.1) is 0 Å². The zero-order valence-corrected chi connectivity index (χ0v) is 17.1. The van der Waals surface area contributed by atoms with E-state index in [-0.39, 0.29) is 11.5 Å². The van der Waals surface area contributed by atoms with Crippen LogP contribution in [-0.4, -0.2) is 21.4 Å². The Balaban J connectivity index is 1.73. The second-order valence-electron chi connectivity index (χ2n) is 6.61. The first-order valence-corrected chi connectivity index (χ1v) is 9.55. The Morgan fingerprint density at radius 1 is 0.966 bits per heavy atom. The number of nitrogens with zero attached hydrogens (tertiary/aromatic N) is 3. The second kappa shape index (κ2) is 7.39. The third-order valence-electron chi connectivity index (χ3n) is 4.61. The van der Waals surface area contributed by atoms with Gasteiger partial charge in [0.2, 0.25) is 0 Å². The summed E-state index contributed by atoms with van der Waals surface area (Å²) < 4.78 is 1.42. The van der Waals surface area contributed by atoms with Crippen LogP contribution in [0.25, 0.3) is 11.8 Å². The number of carbonyl (C=O) groups is 1. The molecule has 146 valence electrons. The van der Waals surface area contributed by atoms with E-state index in [9.17, 15) is 9.59 Å². The van der Waals surface area contributed by atoms with Crippen molar-refractivity contribution in [2.45, 2.75) is 13.8 Å². The van der Waals surface area contributed by atoms with Crippen molar-refractivity contribution in [1.29, 1.82) is 0 Å². The summed E-state index contributed by atoms with van der Waals surface area (Å²) >= 11 is 12.0. The monoisotopic (exact) mass is 426 g/mol. The van der Waals surface area contributed by atoms with E-state index in [4.69, 9.17) is 23.2 Å². The van der Waals surface area contributed by atoms with Crippen LogP contribution in [0, 0.1) is 6.92 Å². The molecule has 1 aliphatic rings. The standard InChI is InChI=1S/C21H16Cl2N4O2/c1-12-18(20(28)26(24-12)16-8-6-14(22)7-9-16)11-19-13(2)25-27(21(19)29)17-5-3-4-15(23)10-17/h3-11,24H,1-2H3. The van der Waals surface area contributed by atoms with E-state index in [2.05, 4.69) is 10.2 Å². The fourth-order valence-electron chi connectivity index (χ4n) is 3.11. The fourth-order valence-corrected chi connectivity index (χ4v) is 3.42. The number of hydrazone groups is 1. The molecule has 3 aromatic rings. The molecular weight excluding hydrogens is 411 g/mol. The third-order valence-corrected chi connectivity index (χ3v) is 5.09. The number of amides is 1. The minimum atomic E-state index is -0.317. The number of halogens is 2. The van der Waals surface area contributed by atoms with Crippen LogP contribution in [-0.2, 0) is 4.79 Å². The van der Waals surface area contributed by atoms with Gasteiger partial charge in [-0.25, -0.2) is 4.68 Å². The summed E-state index contributed by atoms with van der Waals surface area (Å²) in [5.74, 6) is -0.317. The molecule has 0 saturated heterocycles. The van der Waals surface area contributed by atoms with Crippen molar-refractivity contribution in [2.75, 3.05) is 5.01 Å². The molecule has 1 amide bonds. The Morgan fingerprint density at radius 3 is 2.38 bits per heavy atom. The number of carbonyl (C=O) groups excluding carboxylic acids is 1. The molecule has 8 heteroatoms. The molecule has 1 aliphatic heterocycles. The number of anilines is 1. The van der Waals surface area contributed by atoms with Crippen molar-refractivity contribution in [1.82, 2.24) is 9.78 Å². The van der Waals surface area contributed by atoms with Gasteiger partial charge in [0.15, 0.2) is 0 Å². The largest absolute Gasteiger partial charge is 0.295 e. The van der Waals surface area contributed by atoms with Crippen molar-refractivity contribution >= 4 is 46.6 Å². The molecule has 1 aromatic heterocycles. The molecule has 2 aromatic carbocycles. The minimum Gasteiger partial charge on any atom is -0.295 e. The highest BCUT2D eigenvalue weighted by Crippen LogP contribution is 2.27. The molecule has 0 unspecified atom stereocenters. The van der Waals surface area contributed by atoms with E-state index in [1.165, 1.54) is 9.69 Å². The van der Waals surface area contributed by atoms with Crippen molar-refractivity contribution in [2.24, 2.45) is 5.10 Å². The number of hydrogen-bond acceptors (Lipinski definition) is 3. The predicted octanol–water partition coefficient (Wildman–Crippen LogP) is 4.59. The number of nitrogens with one attached hydrogen (secondary N) is 1. The van der Waals surface area contributed by atoms with Gasteiger partial charge in [0.25, 0.3) is 11.5 Å². The number of aromatic nitrogens is 2. The Labute approximate surface area is 176 Å². The van der Waals surface area contributed by atoms with Crippen molar-refractivity contribution in [3.63, 3.8) is 0 Å². The van der Waals surface area contributed by atoms with Crippen LogP contribution < -0.4 is 10.6 Å². The van der Waals surface area contributed by atoms with Crippen LogP contribution in [0.3, 0.4) is 0 Å². The normalized spacial score (nSPS) is 15.3. The van der Waals surface area contributed by atoms with Gasteiger partial charge in [0, 0.05) is 15.7 Å². The van der Waals surface area contributed by atoms with Gasteiger partial charge >= 0.3 is 0 Å². The Kier molecular flexibility index (Phi) is 4.90. The highest BCUT2D eigenvalue weighted by molar-refractivity contribution is 6.33. The topological polar surface area (TPSA) is 70.5 Å². The number of aromatic amines is 1. The SMILES string of the molecule is CC1=NN(c2cccc(Cl)c2)C(=O)C1=Cc1c(C)[nH]n(-c2ccc(Cl)cc2)c1=O. The lowest BCUT2D eigenvalue weighted by atomic mass is 10.1. The Morgan fingerprint density at radius 2 is 1.69 bits per heavy atom. The van der Waals surface area contributed by atoms with Crippen molar-refractivity contribution in [3.05, 3.63) is 85.8 Å². The first-order chi connectivity index (χ1) is 13.8. The zero-order chi connectivity index (χ0) is 20.7. The lowest BCUT2D eigenvalue weighted by Gasteiger charge is -2.11. The lowest BCUT2D eigenvalue weighted by molar-refractivity contribution is -0.114. The van der Waals surface area contributed by atoms with Crippen LogP contribution in [0.5, 0.6) is 0 Å². The van der Waals surface area contributed by atoms with Gasteiger partial charge in [-0.05, 0) is 62.4 Å². The summed E-state index contributed by atoms with van der Waals surface area (Å²) in [6.45, 7) is 3.51. The maximum absolute atomic E-state index is 12.9. The van der Waals surface area contributed by atoms with E-state index >= 15 is 0 Å². The third kappa shape index (κ3) is 3.52. The van der Waals surface area contributed by atoms with E-state index in [1.807, 2.05) is 0 Å². The van der Waals surface area contributed by atoms with Crippen molar-refractivity contribution < 1.29 is 4.79 Å². The first kappa shape index (κ1) is 19.2. The Hall–Kier alpha value is -3.09. The van der Waals surface area contributed by atoms with Crippen LogP contribution in [0.15, 0.2) is 64.0 Å². The van der Waals surface area contributed by atoms with Crippen LogP contribution >= 0.6 is 23.2 Å². The van der Waals surface area contributed by atoms with Crippen LogP contribution in [0.4, 0.5) is 5.69 Å². The van der Waals surface area contributed by atoms with Gasteiger partial charge in [-0.1, -0.05) is 29.3 Å². The second-order valence-corrected chi connectivity index (χ2v) is 7.48. The minimum absolute atomic E-state index is 0.265. The van der Waals surface area contributed by atoms with Gasteiger partial charge < -0.3 is 0 Å². The van der Waals surface area contributed by atoms with E-state index in [0.717, 1.165) is 0 Å². The summed E-state index contributed by atoms with van der Waals surface area (Å²) in [7, 11) is 0. The lowest BCUT2D eigenvalue weighted by Crippen LogP contribution is -2.22. The van der Waals surface area contributed by atoms with E-state index in [0.29, 0.717) is 44.0 Å². The summed E-state index contributed by atoms with van der Waals surface area (Å²) in [5, 5.41) is 9.74. The molecule has 6 nitrogen and oxygen atoms in total. The van der Waals surface area contributed by atoms with E-state index in [1.54, 1.807) is 68.5 Å². The maximum atomic E-state index is 12.9. The van der Waals surface area contributed by atoms with E-state index < -0.39 is 0 Å². The zero-order valence-electron chi connectivity index (χ0n) is 15.6. The molecule has 0 radical (unpaired) electrons. The first-order valence-electron chi connectivity index (χ1n) is 8.80. The molecule has 0 fully saturated rings. The number of hydrogen-bond donors (Lipinski definition) is 1. The summed E-state index contributed by atoms with van der Waals surface area (Å²) in [4.78, 5) is 25.9. The average molecular weight is 427 g/mol. The summed E-state index contributed by atoms with van der Waals surface area (Å²) in [5.41, 5.74) is 2.86. The molecule has 1 N–H and O–H groups in total. The summed E-state index contributed by atoms with van der Waals surface area (Å²) in [6, 6.07) is 13.8. The van der Waals surface area contributed by atoms with Crippen molar-refractivity contribution in [3.8, 4) is 5.69 Å². The van der Waals surface area contributed by atoms with Gasteiger partial charge in [-0.3, -0.25) is 14.7 Å². The Bertz CT molecular complexity index is 1240. The van der Waals surface area contributed by atoms with Gasteiger partial charge in [0.05, 0.1) is 28.2 Å². The van der Waals surface area contributed by atoms with Gasteiger partial charge in [0.1, 0.15) is 0 Å². The van der Waals surface area contributed by atoms with Gasteiger partial charge in [-0.2, -0.15) is 10.1 Å². The highest BCUT2D eigenvalue weighted by Gasteiger charge is 2.29.